The maximum atomic E-state index is 2.22. The van der Waals surface area contributed by atoms with Crippen molar-refractivity contribution in [1.82, 2.24) is 0 Å². The molecule has 11 heavy (non-hydrogen) atoms. The Balaban J connectivity index is 2.91. The summed E-state index contributed by atoms with van der Waals surface area (Å²) in [5.74, 6) is 0. The molecule has 0 aliphatic carbocycles. The average Bonchev–Trinajstić information content (AvgIpc) is 2.06. The van der Waals surface area contributed by atoms with Crippen molar-refractivity contribution >= 4 is 6.08 Å². The van der Waals surface area contributed by atoms with Crippen molar-refractivity contribution in [2.24, 2.45) is 0 Å². The van der Waals surface area contributed by atoms with Crippen LogP contribution in [-0.2, 0) is 6.42 Å². The number of hydrogen-bond donors (Lipinski definition) is 0. The predicted molar refractivity (Wildman–Crippen MR) is 50.5 cm³/mol. The maximum absolute atomic E-state index is 2.22. The quantitative estimate of drug-likeness (QED) is 0.600. The van der Waals surface area contributed by atoms with Crippen LogP contribution in [0.1, 0.15) is 25.0 Å². The standard InChI is InChI=1S/C11H14/c1-3-6-11-8-5-7-10(4-2)9-11/h3,5-9H,4H2,1-2H3/b6-3-. The van der Waals surface area contributed by atoms with Crippen LogP contribution < -0.4 is 0 Å². The van der Waals surface area contributed by atoms with Crippen LogP contribution in [0.5, 0.6) is 0 Å². The molecule has 58 valence electrons. The molecular formula is C11H14. The van der Waals surface area contributed by atoms with Gasteiger partial charge >= 0.3 is 0 Å². The van der Waals surface area contributed by atoms with Crippen LogP contribution in [0.2, 0.25) is 0 Å². The first-order valence-electron chi connectivity index (χ1n) is 4.08. The third kappa shape index (κ3) is 2.23. The zero-order valence-corrected chi connectivity index (χ0v) is 7.17. The first-order chi connectivity index (χ1) is 5.36. The van der Waals surface area contributed by atoms with E-state index >= 15 is 0 Å². The molecule has 0 atom stereocenters. The molecule has 1 rings (SSSR count). The molecule has 0 fully saturated rings. The van der Waals surface area contributed by atoms with E-state index in [1.54, 1.807) is 0 Å². The van der Waals surface area contributed by atoms with Gasteiger partial charge in [0, 0.05) is 0 Å². The monoisotopic (exact) mass is 146 g/mol. The molecule has 0 spiro atoms. The second-order valence-electron chi connectivity index (χ2n) is 2.60. The first-order valence-corrected chi connectivity index (χ1v) is 4.08. The van der Waals surface area contributed by atoms with Crippen LogP contribution in [0.3, 0.4) is 0 Å². The van der Waals surface area contributed by atoms with Gasteiger partial charge in [0.25, 0.3) is 0 Å². The lowest BCUT2D eigenvalue weighted by atomic mass is 10.1. The molecule has 0 heterocycles. The van der Waals surface area contributed by atoms with E-state index in [4.69, 9.17) is 0 Å². The van der Waals surface area contributed by atoms with E-state index < -0.39 is 0 Å². The zero-order chi connectivity index (χ0) is 8.10. The highest BCUT2D eigenvalue weighted by molar-refractivity contribution is 5.49. The van der Waals surface area contributed by atoms with Gasteiger partial charge in [0.1, 0.15) is 0 Å². The van der Waals surface area contributed by atoms with Gasteiger partial charge in [-0.3, -0.25) is 0 Å². The summed E-state index contributed by atoms with van der Waals surface area (Å²) in [6, 6.07) is 8.61. The van der Waals surface area contributed by atoms with Gasteiger partial charge in [-0.15, -0.1) is 0 Å². The fourth-order valence-corrected chi connectivity index (χ4v) is 1.11. The zero-order valence-electron chi connectivity index (χ0n) is 7.17. The highest BCUT2D eigenvalue weighted by Gasteiger charge is 1.88. The van der Waals surface area contributed by atoms with Gasteiger partial charge in [0.2, 0.25) is 0 Å². The minimum Gasteiger partial charge on any atom is -0.0871 e. The Morgan fingerprint density at radius 1 is 1.36 bits per heavy atom. The summed E-state index contributed by atoms with van der Waals surface area (Å²) >= 11 is 0. The molecule has 0 aromatic heterocycles. The molecule has 0 heteroatoms. The Bertz CT molecular complexity index is 246. The van der Waals surface area contributed by atoms with Gasteiger partial charge in [-0.2, -0.15) is 0 Å². The molecule has 0 radical (unpaired) electrons. The summed E-state index contributed by atoms with van der Waals surface area (Å²) in [6.07, 6.45) is 5.30. The minimum absolute atomic E-state index is 1.12. The lowest BCUT2D eigenvalue weighted by Crippen LogP contribution is -1.79. The summed E-state index contributed by atoms with van der Waals surface area (Å²) in [5, 5.41) is 0. The Labute approximate surface area is 68.6 Å². The number of allylic oxidation sites excluding steroid dienone is 1. The Morgan fingerprint density at radius 2 is 2.18 bits per heavy atom. The maximum Gasteiger partial charge on any atom is -0.0257 e. The highest BCUT2D eigenvalue weighted by Crippen LogP contribution is 2.06. The van der Waals surface area contributed by atoms with Crippen molar-refractivity contribution in [3.8, 4) is 0 Å². The average molecular weight is 146 g/mol. The fraction of sp³-hybridized carbons (Fsp3) is 0.273. The Morgan fingerprint density at radius 3 is 2.82 bits per heavy atom. The minimum atomic E-state index is 1.12. The van der Waals surface area contributed by atoms with E-state index in [1.807, 2.05) is 6.92 Å². The molecule has 0 aliphatic rings. The second-order valence-corrected chi connectivity index (χ2v) is 2.60. The predicted octanol–water partition coefficient (Wildman–Crippen LogP) is 3.28. The number of aryl methyl sites for hydroxylation is 1. The SMILES string of the molecule is C/C=C\c1cccc(CC)c1. The van der Waals surface area contributed by atoms with E-state index in [0.717, 1.165) is 6.42 Å². The van der Waals surface area contributed by atoms with Gasteiger partial charge in [-0.05, 0) is 24.5 Å². The summed E-state index contributed by atoms with van der Waals surface area (Å²) in [5.41, 5.74) is 2.70. The van der Waals surface area contributed by atoms with Crippen LogP contribution in [0.4, 0.5) is 0 Å². The lowest BCUT2D eigenvalue weighted by Gasteiger charge is -1.96. The van der Waals surface area contributed by atoms with E-state index in [9.17, 15) is 0 Å². The smallest absolute Gasteiger partial charge is 0.0257 e. The fourth-order valence-electron chi connectivity index (χ4n) is 1.11. The van der Waals surface area contributed by atoms with Crippen LogP contribution >= 0.6 is 0 Å². The van der Waals surface area contributed by atoms with Gasteiger partial charge in [0.15, 0.2) is 0 Å². The molecule has 0 aliphatic heterocycles. The van der Waals surface area contributed by atoms with E-state index in [-0.39, 0.29) is 0 Å². The number of benzene rings is 1. The molecule has 0 bridgehead atoms. The summed E-state index contributed by atoms with van der Waals surface area (Å²) in [6.45, 7) is 4.22. The second kappa shape index (κ2) is 3.97. The van der Waals surface area contributed by atoms with Gasteiger partial charge in [0.05, 0.1) is 0 Å². The van der Waals surface area contributed by atoms with Crippen molar-refractivity contribution in [2.45, 2.75) is 20.3 Å². The third-order valence-corrected chi connectivity index (χ3v) is 1.72. The molecule has 0 amide bonds. The molecular weight excluding hydrogens is 132 g/mol. The van der Waals surface area contributed by atoms with Crippen LogP contribution in [-0.4, -0.2) is 0 Å². The van der Waals surface area contributed by atoms with Gasteiger partial charge < -0.3 is 0 Å². The molecule has 0 nitrogen and oxygen atoms in total. The van der Waals surface area contributed by atoms with Crippen LogP contribution in [0, 0.1) is 0 Å². The number of hydrogen-bond acceptors (Lipinski definition) is 0. The molecule has 1 aromatic carbocycles. The molecule has 0 N–H and O–H groups in total. The molecule has 0 saturated heterocycles. The largest absolute Gasteiger partial charge is 0.0871 e. The van der Waals surface area contributed by atoms with Crippen LogP contribution in [0.15, 0.2) is 30.3 Å². The van der Waals surface area contributed by atoms with Gasteiger partial charge in [-0.25, -0.2) is 0 Å². The summed E-state index contributed by atoms with van der Waals surface area (Å²) in [7, 11) is 0. The van der Waals surface area contributed by atoms with E-state index in [2.05, 4.69) is 43.3 Å². The Kier molecular flexibility index (Phi) is 2.91. The van der Waals surface area contributed by atoms with Crippen molar-refractivity contribution in [3.05, 3.63) is 41.5 Å². The van der Waals surface area contributed by atoms with Crippen LogP contribution in [0.25, 0.3) is 6.08 Å². The Hall–Kier alpha value is -1.04. The third-order valence-electron chi connectivity index (χ3n) is 1.72. The molecule has 0 unspecified atom stereocenters. The molecule has 0 saturated carbocycles. The topological polar surface area (TPSA) is 0 Å². The summed E-state index contributed by atoms with van der Waals surface area (Å²) < 4.78 is 0. The number of rotatable bonds is 2. The van der Waals surface area contributed by atoms with Crippen molar-refractivity contribution < 1.29 is 0 Å². The summed E-state index contributed by atoms with van der Waals surface area (Å²) in [4.78, 5) is 0. The lowest BCUT2D eigenvalue weighted by molar-refractivity contribution is 1.14. The van der Waals surface area contributed by atoms with Crippen molar-refractivity contribution in [3.63, 3.8) is 0 Å². The normalized spacial score (nSPS) is 10.7. The first kappa shape index (κ1) is 8.06. The van der Waals surface area contributed by atoms with E-state index in [1.165, 1.54) is 11.1 Å². The van der Waals surface area contributed by atoms with Gasteiger partial charge in [-0.1, -0.05) is 43.3 Å². The van der Waals surface area contributed by atoms with E-state index in [0.29, 0.717) is 0 Å². The van der Waals surface area contributed by atoms with Crippen molar-refractivity contribution in [1.29, 1.82) is 0 Å². The van der Waals surface area contributed by atoms with Crippen molar-refractivity contribution in [2.75, 3.05) is 0 Å². The highest BCUT2D eigenvalue weighted by atomic mass is 13.9. The molecule has 1 aromatic rings.